The molecule has 0 spiro atoms. The Balaban J connectivity index is 1.33. The van der Waals surface area contributed by atoms with E-state index in [1.165, 1.54) is 11.3 Å². The normalized spacial score (nSPS) is 21.9. The number of hydrogen-bond acceptors (Lipinski definition) is 7. The molecule has 1 aliphatic carbocycles. The van der Waals surface area contributed by atoms with Gasteiger partial charge in [-0.05, 0) is 57.5 Å². The number of benzene rings is 1. The van der Waals surface area contributed by atoms with E-state index in [1.54, 1.807) is 25.1 Å². The highest BCUT2D eigenvalue weighted by Gasteiger charge is 2.37. The van der Waals surface area contributed by atoms with Gasteiger partial charge < -0.3 is 25.3 Å². The Kier molecular flexibility index (Phi) is 7.50. The van der Waals surface area contributed by atoms with Crippen LogP contribution < -0.4 is 10.6 Å². The van der Waals surface area contributed by atoms with Crippen LogP contribution in [0, 0.1) is 5.92 Å². The first-order chi connectivity index (χ1) is 17.8. The standard InChI is InChI=1S/C26H30ClN5O4S/c1-3-36-26(35)14-4-6-18(29-24(34)25-31-19-8-9-32(2)13-22(19)37-25)20(11-14)30-23(33)21-12-15-10-16(27)5-7-17(15)28-21/h5,7,10,12,14,18,20,28H,3-4,6,8-9,11,13H2,1-2H3,(H,29,34)(H,30,33)/t14-,18-,20+/m1/s1. The number of nitrogens with zero attached hydrogens (tertiary/aromatic N) is 2. The topological polar surface area (TPSA) is 116 Å². The second-order valence-corrected chi connectivity index (χ2v) is 11.2. The Bertz CT molecular complexity index is 1340. The fraction of sp³-hybridized carbons (Fsp3) is 0.462. The first-order valence-corrected chi connectivity index (χ1v) is 13.7. The molecule has 2 aliphatic rings. The summed E-state index contributed by atoms with van der Waals surface area (Å²) in [6.07, 6.45) is 2.31. The molecule has 3 aromatic rings. The van der Waals surface area contributed by atoms with E-state index in [1.807, 2.05) is 6.07 Å². The largest absolute Gasteiger partial charge is 0.466 e. The van der Waals surface area contributed by atoms with Gasteiger partial charge in [-0.15, -0.1) is 11.3 Å². The molecule has 0 saturated heterocycles. The van der Waals surface area contributed by atoms with Gasteiger partial charge in [0.15, 0.2) is 5.01 Å². The number of esters is 1. The quantitative estimate of drug-likeness (QED) is 0.410. The van der Waals surface area contributed by atoms with Crippen LogP contribution in [0.25, 0.3) is 10.9 Å². The molecule has 1 aliphatic heterocycles. The summed E-state index contributed by atoms with van der Waals surface area (Å²) in [4.78, 5) is 49.9. The van der Waals surface area contributed by atoms with Gasteiger partial charge in [0.2, 0.25) is 0 Å². The third-order valence-corrected chi connectivity index (χ3v) is 8.36. The molecule has 2 aromatic heterocycles. The SMILES string of the molecule is CCOC(=O)[C@@H]1CC[C@@H](NC(=O)c2nc3c(s2)CN(C)CC3)[C@@H](NC(=O)c2cc3cc(Cl)ccc3[nH]2)C1. The molecule has 5 rings (SSSR count). The van der Waals surface area contributed by atoms with Gasteiger partial charge in [-0.2, -0.15) is 0 Å². The van der Waals surface area contributed by atoms with Gasteiger partial charge >= 0.3 is 5.97 Å². The Labute approximate surface area is 223 Å². The summed E-state index contributed by atoms with van der Waals surface area (Å²) in [5.41, 5.74) is 2.17. The minimum Gasteiger partial charge on any atom is -0.466 e. The fourth-order valence-electron chi connectivity index (χ4n) is 5.10. The Morgan fingerprint density at radius 1 is 1.19 bits per heavy atom. The lowest BCUT2D eigenvalue weighted by Crippen LogP contribution is -2.55. The summed E-state index contributed by atoms with van der Waals surface area (Å²) in [5.74, 6) is -1.18. The maximum atomic E-state index is 13.2. The lowest BCUT2D eigenvalue weighted by Gasteiger charge is -2.35. The molecule has 1 fully saturated rings. The molecule has 3 heterocycles. The molecule has 3 atom stereocenters. The average molecular weight is 544 g/mol. The molecule has 196 valence electrons. The minimum absolute atomic E-state index is 0.249. The molecule has 1 aromatic carbocycles. The van der Waals surface area contributed by atoms with Crippen molar-refractivity contribution in [2.45, 2.75) is 51.2 Å². The summed E-state index contributed by atoms with van der Waals surface area (Å²) in [6, 6.07) is 6.32. The fourth-order valence-corrected chi connectivity index (χ4v) is 6.37. The number of carbonyl (C=O) groups excluding carboxylic acids is 3. The van der Waals surface area contributed by atoms with Crippen LogP contribution in [0.15, 0.2) is 24.3 Å². The zero-order chi connectivity index (χ0) is 26.1. The van der Waals surface area contributed by atoms with E-state index in [0.29, 0.717) is 41.6 Å². The van der Waals surface area contributed by atoms with Crippen molar-refractivity contribution >= 4 is 51.6 Å². The van der Waals surface area contributed by atoms with E-state index >= 15 is 0 Å². The van der Waals surface area contributed by atoms with Gasteiger partial charge in [-0.25, -0.2) is 4.98 Å². The molecule has 0 radical (unpaired) electrons. The second kappa shape index (κ2) is 10.8. The van der Waals surface area contributed by atoms with Crippen LogP contribution >= 0.6 is 22.9 Å². The maximum Gasteiger partial charge on any atom is 0.308 e. The molecule has 3 N–H and O–H groups in total. The van der Waals surface area contributed by atoms with E-state index in [0.717, 1.165) is 41.0 Å². The molecule has 37 heavy (non-hydrogen) atoms. The van der Waals surface area contributed by atoms with Crippen LogP contribution in [0.4, 0.5) is 0 Å². The van der Waals surface area contributed by atoms with Crippen LogP contribution in [0.1, 0.15) is 57.0 Å². The van der Waals surface area contributed by atoms with Crippen molar-refractivity contribution in [2.24, 2.45) is 5.92 Å². The van der Waals surface area contributed by atoms with Gasteiger partial charge in [0.25, 0.3) is 11.8 Å². The van der Waals surface area contributed by atoms with E-state index in [2.05, 4.69) is 32.5 Å². The summed E-state index contributed by atoms with van der Waals surface area (Å²) in [5, 5.41) is 7.99. The predicted molar refractivity (Wildman–Crippen MR) is 142 cm³/mol. The molecule has 2 amide bonds. The Morgan fingerprint density at radius 2 is 2.00 bits per heavy atom. The Hall–Kier alpha value is -2.95. The van der Waals surface area contributed by atoms with Gasteiger partial charge in [-0.3, -0.25) is 14.4 Å². The molecule has 0 bridgehead atoms. The number of aromatic nitrogens is 2. The number of hydrogen-bond donors (Lipinski definition) is 3. The summed E-state index contributed by atoms with van der Waals surface area (Å²) in [7, 11) is 2.05. The number of carbonyl (C=O) groups is 3. The number of ether oxygens (including phenoxy) is 1. The first-order valence-electron chi connectivity index (χ1n) is 12.5. The van der Waals surface area contributed by atoms with E-state index < -0.39 is 6.04 Å². The number of nitrogens with one attached hydrogen (secondary N) is 3. The van der Waals surface area contributed by atoms with E-state index in [9.17, 15) is 14.4 Å². The van der Waals surface area contributed by atoms with Gasteiger partial charge in [0.1, 0.15) is 5.69 Å². The monoisotopic (exact) mass is 543 g/mol. The molecule has 0 unspecified atom stereocenters. The number of aromatic amines is 1. The number of likely N-dealkylation sites (N-methyl/N-ethyl adjacent to an activating group) is 1. The van der Waals surface area contributed by atoms with Crippen molar-refractivity contribution in [1.82, 2.24) is 25.5 Å². The maximum absolute atomic E-state index is 13.2. The minimum atomic E-state index is -0.449. The highest BCUT2D eigenvalue weighted by Crippen LogP contribution is 2.29. The van der Waals surface area contributed by atoms with Crippen LogP contribution in [0.2, 0.25) is 5.02 Å². The lowest BCUT2D eigenvalue weighted by atomic mass is 9.82. The predicted octanol–water partition coefficient (Wildman–Crippen LogP) is 3.53. The number of halogens is 1. The van der Waals surface area contributed by atoms with Crippen molar-refractivity contribution < 1.29 is 19.1 Å². The van der Waals surface area contributed by atoms with E-state index in [4.69, 9.17) is 16.3 Å². The second-order valence-electron chi connectivity index (χ2n) is 9.71. The Morgan fingerprint density at radius 3 is 2.81 bits per heavy atom. The van der Waals surface area contributed by atoms with Gasteiger partial charge in [-0.1, -0.05) is 11.6 Å². The first kappa shape index (κ1) is 25.7. The number of H-pyrrole nitrogens is 1. The highest BCUT2D eigenvalue weighted by atomic mass is 35.5. The van der Waals surface area contributed by atoms with Crippen LogP contribution in [0.3, 0.4) is 0 Å². The van der Waals surface area contributed by atoms with Crippen molar-refractivity contribution in [1.29, 1.82) is 0 Å². The van der Waals surface area contributed by atoms with Crippen molar-refractivity contribution in [3.8, 4) is 0 Å². The zero-order valence-electron chi connectivity index (χ0n) is 20.8. The van der Waals surface area contributed by atoms with Crippen LogP contribution in [-0.2, 0) is 22.5 Å². The average Bonchev–Trinajstić information content (AvgIpc) is 3.49. The van der Waals surface area contributed by atoms with Crippen molar-refractivity contribution in [3.05, 3.63) is 50.6 Å². The molecule has 9 nitrogen and oxygen atoms in total. The third kappa shape index (κ3) is 5.66. The third-order valence-electron chi connectivity index (χ3n) is 7.05. The zero-order valence-corrected chi connectivity index (χ0v) is 22.4. The summed E-state index contributed by atoms with van der Waals surface area (Å²) in [6.45, 7) is 3.79. The van der Waals surface area contributed by atoms with Crippen molar-refractivity contribution in [3.63, 3.8) is 0 Å². The number of amides is 2. The van der Waals surface area contributed by atoms with Gasteiger partial charge in [0, 0.05) is 46.4 Å². The molecular weight excluding hydrogens is 514 g/mol. The lowest BCUT2D eigenvalue weighted by molar-refractivity contribution is -0.149. The highest BCUT2D eigenvalue weighted by molar-refractivity contribution is 7.13. The molecular formula is C26H30ClN5O4S. The summed E-state index contributed by atoms with van der Waals surface area (Å²) < 4.78 is 5.24. The molecule has 1 saturated carbocycles. The number of fused-ring (bicyclic) bond motifs is 2. The van der Waals surface area contributed by atoms with Crippen LogP contribution in [-0.4, -0.2) is 64.9 Å². The van der Waals surface area contributed by atoms with Gasteiger partial charge in [0.05, 0.1) is 24.3 Å². The smallest absolute Gasteiger partial charge is 0.308 e. The number of thiazole rings is 1. The van der Waals surface area contributed by atoms with Crippen LogP contribution in [0.5, 0.6) is 0 Å². The van der Waals surface area contributed by atoms with E-state index in [-0.39, 0.29) is 29.7 Å². The number of rotatable bonds is 6. The summed E-state index contributed by atoms with van der Waals surface area (Å²) >= 11 is 7.51. The van der Waals surface area contributed by atoms with Crippen molar-refractivity contribution in [2.75, 3.05) is 20.2 Å². The molecule has 11 heteroatoms.